The highest BCUT2D eigenvalue weighted by atomic mass is 35.5. The van der Waals surface area contributed by atoms with Crippen molar-refractivity contribution < 1.29 is 9.26 Å². The van der Waals surface area contributed by atoms with E-state index in [4.69, 9.17) is 32.5 Å². The first-order valence-electron chi connectivity index (χ1n) is 10.9. The fourth-order valence-corrected chi connectivity index (χ4v) is 4.52. The molecule has 1 aromatic heterocycles. The molecule has 0 aliphatic carbocycles. The summed E-state index contributed by atoms with van der Waals surface area (Å²) in [6.45, 7) is 4.38. The summed E-state index contributed by atoms with van der Waals surface area (Å²) in [6.07, 6.45) is 0.438. The molecule has 0 unspecified atom stereocenters. The smallest absolute Gasteiger partial charge is 0.231 e. The van der Waals surface area contributed by atoms with E-state index in [-0.39, 0.29) is 6.61 Å². The summed E-state index contributed by atoms with van der Waals surface area (Å²) in [5, 5.41) is 7.59. The highest BCUT2D eigenvalue weighted by molar-refractivity contribution is 6.35. The van der Waals surface area contributed by atoms with E-state index in [9.17, 15) is 0 Å². The normalized spacial score (nSPS) is 14.7. The van der Waals surface area contributed by atoms with Crippen LogP contribution in [-0.2, 0) is 13.0 Å². The molecule has 1 saturated heterocycles. The lowest BCUT2D eigenvalue weighted by Gasteiger charge is -2.34. The Morgan fingerprint density at radius 1 is 1.00 bits per heavy atom. The molecule has 1 fully saturated rings. The molecule has 3 aromatic carbocycles. The monoisotopic (exact) mass is 482 g/mol. The number of anilines is 1. The number of hydrogen-bond acceptors (Lipinski definition) is 6. The van der Waals surface area contributed by atoms with Crippen LogP contribution in [0, 0.1) is 0 Å². The summed E-state index contributed by atoms with van der Waals surface area (Å²) in [6, 6.07) is 17.9. The van der Waals surface area contributed by atoms with Crippen molar-refractivity contribution >= 4 is 39.7 Å². The average Bonchev–Trinajstić information content (AvgIpc) is 3.27. The Morgan fingerprint density at radius 3 is 2.67 bits per heavy atom. The molecule has 0 bridgehead atoms. The SMILES string of the molecule is CN1CCN(c2cccc3ccc(OCc4noc(Cc5ccc(Cl)cc5Cl)n4)cc23)CC1. The zero-order chi connectivity index (χ0) is 22.8. The van der Waals surface area contributed by atoms with Crippen LogP contribution in [0.25, 0.3) is 10.8 Å². The fourth-order valence-electron chi connectivity index (χ4n) is 4.04. The van der Waals surface area contributed by atoms with Crippen LogP contribution < -0.4 is 9.64 Å². The molecule has 4 aromatic rings. The van der Waals surface area contributed by atoms with Crippen molar-refractivity contribution in [2.45, 2.75) is 13.0 Å². The van der Waals surface area contributed by atoms with Gasteiger partial charge in [-0.15, -0.1) is 0 Å². The first-order chi connectivity index (χ1) is 16.0. The van der Waals surface area contributed by atoms with E-state index < -0.39 is 0 Å². The highest BCUT2D eigenvalue weighted by Gasteiger charge is 2.17. The number of halogens is 2. The van der Waals surface area contributed by atoms with Crippen LogP contribution in [0.2, 0.25) is 10.0 Å². The standard InChI is InChI=1S/C25H24Cl2N4O2/c1-30-9-11-31(12-10-30)23-4-2-3-17-6-8-20(15-21(17)23)32-16-24-28-25(33-29-24)13-18-5-7-19(26)14-22(18)27/h2-8,14-15H,9-13,16H2,1H3. The van der Waals surface area contributed by atoms with Gasteiger partial charge in [0.2, 0.25) is 11.7 Å². The summed E-state index contributed by atoms with van der Waals surface area (Å²) < 4.78 is 11.4. The summed E-state index contributed by atoms with van der Waals surface area (Å²) in [7, 11) is 2.17. The maximum atomic E-state index is 6.25. The number of rotatable bonds is 6. The predicted octanol–water partition coefficient (Wildman–Crippen LogP) is 5.45. The zero-order valence-electron chi connectivity index (χ0n) is 18.3. The van der Waals surface area contributed by atoms with Gasteiger partial charge in [0.05, 0.1) is 6.42 Å². The van der Waals surface area contributed by atoms with E-state index in [1.54, 1.807) is 12.1 Å². The molecule has 6 nitrogen and oxygen atoms in total. The zero-order valence-corrected chi connectivity index (χ0v) is 19.8. The lowest BCUT2D eigenvalue weighted by atomic mass is 10.1. The van der Waals surface area contributed by atoms with Gasteiger partial charge in [-0.3, -0.25) is 0 Å². The van der Waals surface area contributed by atoms with Gasteiger partial charge >= 0.3 is 0 Å². The van der Waals surface area contributed by atoms with Crippen molar-refractivity contribution in [3.8, 4) is 5.75 Å². The molecule has 0 spiro atoms. The summed E-state index contributed by atoms with van der Waals surface area (Å²) in [5.74, 6) is 1.74. The van der Waals surface area contributed by atoms with Crippen molar-refractivity contribution in [2.24, 2.45) is 0 Å². The predicted molar refractivity (Wildman–Crippen MR) is 132 cm³/mol. The van der Waals surface area contributed by atoms with Gasteiger partial charge in [0.1, 0.15) is 5.75 Å². The van der Waals surface area contributed by atoms with Gasteiger partial charge in [-0.05, 0) is 48.3 Å². The van der Waals surface area contributed by atoms with Crippen LogP contribution in [0.3, 0.4) is 0 Å². The summed E-state index contributed by atoms with van der Waals surface area (Å²) in [4.78, 5) is 9.24. The van der Waals surface area contributed by atoms with Gasteiger partial charge in [-0.1, -0.05) is 52.6 Å². The lowest BCUT2D eigenvalue weighted by molar-refractivity contribution is 0.285. The molecule has 0 N–H and O–H groups in total. The maximum Gasteiger partial charge on any atom is 0.231 e. The van der Waals surface area contributed by atoms with Crippen LogP contribution in [0.15, 0.2) is 59.1 Å². The van der Waals surface area contributed by atoms with Crippen molar-refractivity contribution in [1.29, 1.82) is 0 Å². The molecule has 8 heteroatoms. The second-order valence-electron chi connectivity index (χ2n) is 8.26. The summed E-state index contributed by atoms with van der Waals surface area (Å²) >= 11 is 12.2. The molecule has 0 atom stereocenters. The molecule has 2 heterocycles. The third kappa shape index (κ3) is 5.08. The van der Waals surface area contributed by atoms with E-state index in [0.717, 1.165) is 37.5 Å². The van der Waals surface area contributed by atoms with E-state index in [0.29, 0.717) is 28.2 Å². The van der Waals surface area contributed by atoms with Crippen LogP contribution in [0.4, 0.5) is 5.69 Å². The first kappa shape index (κ1) is 22.0. The molecule has 5 rings (SSSR count). The van der Waals surface area contributed by atoms with Gasteiger partial charge in [0.15, 0.2) is 6.61 Å². The molecule has 1 aliphatic heterocycles. The minimum absolute atomic E-state index is 0.222. The molecule has 33 heavy (non-hydrogen) atoms. The number of nitrogens with zero attached hydrogens (tertiary/aromatic N) is 4. The number of piperazine rings is 1. The Hall–Kier alpha value is -2.80. The van der Waals surface area contributed by atoms with Gasteiger partial charge in [-0.25, -0.2) is 0 Å². The van der Waals surface area contributed by atoms with E-state index in [1.807, 2.05) is 12.1 Å². The number of ether oxygens (including phenoxy) is 1. The van der Waals surface area contributed by atoms with Crippen molar-refractivity contribution in [1.82, 2.24) is 15.0 Å². The number of fused-ring (bicyclic) bond motifs is 1. The third-order valence-corrected chi connectivity index (χ3v) is 6.50. The topological polar surface area (TPSA) is 54.6 Å². The molecule has 0 saturated carbocycles. The van der Waals surface area contributed by atoms with Crippen LogP contribution in [-0.4, -0.2) is 48.3 Å². The largest absolute Gasteiger partial charge is 0.485 e. The number of likely N-dealkylation sites (N-methyl/N-ethyl adjacent to an activating group) is 1. The van der Waals surface area contributed by atoms with Crippen molar-refractivity contribution in [3.05, 3.63) is 81.9 Å². The third-order valence-electron chi connectivity index (χ3n) is 5.91. The fraction of sp³-hybridized carbons (Fsp3) is 0.280. The van der Waals surface area contributed by atoms with Gasteiger partial charge in [0.25, 0.3) is 0 Å². The number of hydrogen-bond donors (Lipinski definition) is 0. The minimum atomic E-state index is 0.222. The molecule has 1 aliphatic rings. The quantitative estimate of drug-likeness (QED) is 0.364. The molecular weight excluding hydrogens is 459 g/mol. The van der Waals surface area contributed by atoms with Crippen molar-refractivity contribution in [2.75, 3.05) is 38.1 Å². The first-order valence-corrected chi connectivity index (χ1v) is 11.7. The highest BCUT2D eigenvalue weighted by Crippen LogP contribution is 2.31. The van der Waals surface area contributed by atoms with E-state index >= 15 is 0 Å². The average molecular weight is 483 g/mol. The minimum Gasteiger partial charge on any atom is -0.485 e. The lowest BCUT2D eigenvalue weighted by Crippen LogP contribution is -2.44. The molecular formula is C25H24Cl2N4O2. The Bertz CT molecular complexity index is 1270. The Balaban J connectivity index is 1.28. The Morgan fingerprint density at radius 2 is 1.85 bits per heavy atom. The number of benzene rings is 3. The van der Waals surface area contributed by atoms with Crippen LogP contribution in [0.1, 0.15) is 17.3 Å². The molecule has 0 amide bonds. The van der Waals surface area contributed by atoms with Gasteiger partial charge in [0, 0.05) is 47.3 Å². The number of aromatic nitrogens is 2. The van der Waals surface area contributed by atoms with Gasteiger partial charge < -0.3 is 19.1 Å². The van der Waals surface area contributed by atoms with Crippen molar-refractivity contribution in [3.63, 3.8) is 0 Å². The Labute approximate surface area is 202 Å². The molecule has 0 radical (unpaired) electrons. The van der Waals surface area contributed by atoms with Gasteiger partial charge in [-0.2, -0.15) is 4.98 Å². The second-order valence-corrected chi connectivity index (χ2v) is 9.10. The second kappa shape index (κ2) is 9.59. The van der Waals surface area contributed by atoms with Crippen LogP contribution >= 0.6 is 23.2 Å². The van der Waals surface area contributed by atoms with E-state index in [2.05, 4.69) is 57.3 Å². The summed E-state index contributed by atoms with van der Waals surface area (Å²) in [5.41, 5.74) is 2.12. The maximum absolute atomic E-state index is 6.25. The molecule has 170 valence electrons. The Kier molecular flexibility index (Phi) is 6.40. The van der Waals surface area contributed by atoms with Crippen LogP contribution in [0.5, 0.6) is 5.75 Å². The van der Waals surface area contributed by atoms with E-state index in [1.165, 1.54) is 16.5 Å².